The first kappa shape index (κ1) is 20.5. The second kappa shape index (κ2) is 9.33. The van der Waals surface area contributed by atoms with Gasteiger partial charge in [0, 0.05) is 22.6 Å². The topological polar surface area (TPSA) is 109 Å². The van der Waals surface area contributed by atoms with Gasteiger partial charge in [0.05, 0.1) is 18.8 Å². The highest BCUT2D eigenvalue weighted by Gasteiger charge is 2.16. The van der Waals surface area contributed by atoms with Crippen molar-refractivity contribution >= 4 is 29.4 Å². The van der Waals surface area contributed by atoms with Crippen LogP contribution in [0.5, 0.6) is 17.2 Å². The van der Waals surface area contributed by atoms with Crippen LogP contribution in [0.15, 0.2) is 41.5 Å². The van der Waals surface area contributed by atoms with Gasteiger partial charge in [-0.05, 0) is 48.9 Å². The van der Waals surface area contributed by atoms with Gasteiger partial charge in [0.2, 0.25) is 6.79 Å². The van der Waals surface area contributed by atoms with E-state index in [1.807, 2.05) is 12.1 Å². The van der Waals surface area contributed by atoms with Crippen molar-refractivity contribution in [2.75, 3.05) is 19.7 Å². The number of thioether (sulfide) groups is 1. The molecule has 1 amide bonds. The Morgan fingerprint density at radius 3 is 2.69 bits per heavy atom. The second-order valence-corrected chi connectivity index (χ2v) is 7.08. The van der Waals surface area contributed by atoms with Gasteiger partial charge in [-0.1, -0.05) is 0 Å². The number of carbonyl (C=O) groups excluding carboxylic acids is 2. The molecule has 0 saturated heterocycles. The lowest BCUT2D eigenvalue weighted by atomic mass is 10.1. The Hall–Kier alpha value is -3.20. The summed E-state index contributed by atoms with van der Waals surface area (Å²) >= 11 is 1.22. The van der Waals surface area contributed by atoms with Crippen molar-refractivity contribution in [3.63, 3.8) is 0 Å². The van der Waals surface area contributed by atoms with Crippen LogP contribution in [0.4, 0.5) is 0 Å². The van der Waals surface area contributed by atoms with E-state index < -0.39 is 5.97 Å². The van der Waals surface area contributed by atoms with Gasteiger partial charge in [0.15, 0.2) is 11.5 Å². The predicted octanol–water partition coefficient (Wildman–Crippen LogP) is 1.56. The average Bonchev–Trinajstić information content (AvgIpc) is 3.19. The number of benzene rings is 2. The number of rotatable bonds is 8. The molecule has 0 saturated carbocycles. The molecule has 0 unspecified atom stereocenters. The number of carbonyl (C=O) groups is 2. The van der Waals surface area contributed by atoms with E-state index in [9.17, 15) is 14.7 Å². The van der Waals surface area contributed by atoms with Crippen molar-refractivity contribution < 1.29 is 28.9 Å². The van der Waals surface area contributed by atoms with Crippen LogP contribution in [0.2, 0.25) is 0 Å². The number of hydrogen-bond donors (Lipinski definition) is 1. The highest BCUT2D eigenvalue weighted by atomic mass is 32.2. The molecule has 1 aliphatic rings. The zero-order valence-corrected chi connectivity index (χ0v) is 16.7. The standard InChI is InChI=1S/C20H20N2O6S/c1-12(13-3-5-16(26-2)15(7-13)9-29-10-19(23)24)21-22-20(25)14-4-6-17-18(8-14)28-11-27-17/h3-8H,9-11H2,1-2H3,(H,22,25)(H,23,24)/p-1/b21-12-. The number of carboxylic acid groups (broad SMARTS) is 1. The third kappa shape index (κ3) is 5.20. The van der Waals surface area contributed by atoms with Crippen LogP contribution >= 0.6 is 11.8 Å². The van der Waals surface area contributed by atoms with E-state index in [2.05, 4.69) is 10.5 Å². The van der Waals surface area contributed by atoms with Crippen molar-refractivity contribution in [3.05, 3.63) is 53.1 Å². The second-order valence-electron chi connectivity index (χ2n) is 6.10. The Morgan fingerprint density at radius 2 is 1.93 bits per heavy atom. The molecule has 1 N–H and O–H groups in total. The van der Waals surface area contributed by atoms with Crippen LogP contribution in [0.25, 0.3) is 0 Å². The van der Waals surface area contributed by atoms with Gasteiger partial charge in [0.25, 0.3) is 5.91 Å². The Bertz CT molecular complexity index is 960. The van der Waals surface area contributed by atoms with Crippen molar-refractivity contribution in [1.29, 1.82) is 0 Å². The molecule has 2 aromatic rings. The number of methoxy groups -OCH3 is 1. The molecule has 1 aliphatic heterocycles. The number of hydrazone groups is 1. The van der Waals surface area contributed by atoms with Gasteiger partial charge >= 0.3 is 0 Å². The van der Waals surface area contributed by atoms with E-state index in [0.717, 1.165) is 11.1 Å². The number of carboxylic acids is 1. The van der Waals surface area contributed by atoms with E-state index >= 15 is 0 Å². The minimum Gasteiger partial charge on any atom is -0.549 e. The first-order valence-corrected chi connectivity index (χ1v) is 9.82. The SMILES string of the molecule is COc1ccc(/C(C)=N\NC(=O)c2ccc3c(c2)OCO3)cc1CSCC(=O)[O-]. The molecule has 0 fully saturated rings. The van der Waals surface area contributed by atoms with Gasteiger partial charge in [-0.15, -0.1) is 0 Å². The molecule has 0 bridgehead atoms. The number of ether oxygens (including phenoxy) is 3. The number of aliphatic carboxylic acids is 1. The predicted molar refractivity (Wildman–Crippen MR) is 106 cm³/mol. The minimum atomic E-state index is -1.12. The third-order valence-corrected chi connectivity index (χ3v) is 5.09. The number of hydrogen-bond acceptors (Lipinski definition) is 8. The van der Waals surface area contributed by atoms with Crippen LogP contribution in [0.3, 0.4) is 0 Å². The summed E-state index contributed by atoms with van der Waals surface area (Å²) in [5, 5.41) is 14.8. The molecule has 29 heavy (non-hydrogen) atoms. The van der Waals surface area contributed by atoms with Crippen LogP contribution in [-0.2, 0) is 10.5 Å². The Labute approximate surface area is 171 Å². The summed E-state index contributed by atoms with van der Waals surface area (Å²) in [6.07, 6.45) is 0. The molecule has 2 aromatic carbocycles. The maximum atomic E-state index is 12.4. The van der Waals surface area contributed by atoms with E-state index in [0.29, 0.717) is 34.3 Å². The lowest BCUT2D eigenvalue weighted by Gasteiger charge is -2.11. The van der Waals surface area contributed by atoms with Crippen molar-refractivity contribution in [1.82, 2.24) is 5.43 Å². The fraction of sp³-hybridized carbons (Fsp3) is 0.250. The van der Waals surface area contributed by atoms with Crippen LogP contribution in [0, 0.1) is 0 Å². The van der Waals surface area contributed by atoms with Gasteiger partial charge in [-0.2, -0.15) is 16.9 Å². The molecule has 8 nitrogen and oxygen atoms in total. The molecule has 152 valence electrons. The molecule has 0 aromatic heterocycles. The van der Waals surface area contributed by atoms with Gasteiger partial charge in [0.1, 0.15) is 5.75 Å². The molecular weight excluding hydrogens is 396 g/mol. The summed E-state index contributed by atoms with van der Waals surface area (Å²) < 4.78 is 15.8. The van der Waals surface area contributed by atoms with E-state index in [1.165, 1.54) is 11.8 Å². The summed E-state index contributed by atoms with van der Waals surface area (Å²) in [6.45, 7) is 1.90. The first-order chi connectivity index (χ1) is 14.0. The fourth-order valence-corrected chi connectivity index (χ4v) is 3.38. The molecule has 0 spiro atoms. The zero-order valence-electron chi connectivity index (χ0n) is 15.9. The fourth-order valence-electron chi connectivity index (χ4n) is 2.66. The van der Waals surface area contributed by atoms with Gasteiger partial charge < -0.3 is 24.1 Å². The van der Waals surface area contributed by atoms with E-state index in [-0.39, 0.29) is 18.5 Å². The smallest absolute Gasteiger partial charge is 0.271 e. The summed E-state index contributed by atoms with van der Waals surface area (Å²) in [7, 11) is 1.55. The van der Waals surface area contributed by atoms with E-state index in [1.54, 1.807) is 38.3 Å². The lowest BCUT2D eigenvalue weighted by molar-refractivity contribution is -0.301. The largest absolute Gasteiger partial charge is 0.549 e. The molecule has 1 heterocycles. The Kier molecular flexibility index (Phi) is 6.61. The Morgan fingerprint density at radius 1 is 1.17 bits per heavy atom. The summed E-state index contributed by atoms with van der Waals surface area (Å²) in [5.41, 5.74) is 5.12. The van der Waals surface area contributed by atoms with Crippen LogP contribution in [0.1, 0.15) is 28.4 Å². The quantitative estimate of drug-likeness (QED) is 0.515. The number of fused-ring (bicyclic) bond motifs is 1. The summed E-state index contributed by atoms with van der Waals surface area (Å²) in [5.74, 6) is 0.621. The Balaban J connectivity index is 1.70. The lowest BCUT2D eigenvalue weighted by Crippen LogP contribution is -2.24. The maximum Gasteiger partial charge on any atom is 0.271 e. The van der Waals surface area contributed by atoms with Crippen LogP contribution in [-0.4, -0.2) is 37.2 Å². The van der Waals surface area contributed by atoms with Gasteiger partial charge in [-0.25, -0.2) is 5.43 Å². The molecule has 0 aliphatic carbocycles. The maximum absolute atomic E-state index is 12.4. The highest BCUT2D eigenvalue weighted by molar-refractivity contribution is 7.99. The van der Waals surface area contributed by atoms with E-state index in [4.69, 9.17) is 14.2 Å². The number of nitrogens with one attached hydrogen (secondary N) is 1. The number of amides is 1. The summed E-state index contributed by atoms with van der Waals surface area (Å²) in [6, 6.07) is 10.4. The van der Waals surface area contributed by atoms with Gasteiger partial charge in [-0.3, -0.25) is 4.79 Å². The van der Waals surface area contributed by atoms with Crippen molar-refractivity contribution in [2.45, 2.75) is 12.7 Å². The molecule has 0 atom stereocenters. The minimum absolute atomic E-state index is 0.105. The molecule has 3 rings (SSSR count). The average molecular weight is 415 g/mol. The number of nitrogens with zero attached hydrogens (tertiary/aromatic N) is 1. The summed E-state index contributed by atoms with van der Waals surface area (Å²) in [4.78, 5) is 23.0. The van der Waals surface area contributed by atoms with Crippen molar-refractivity contribution in [3.8, 4) is 17.2 Å². The molecular formula is C20H19N2O6S-. The monoisotopic (exact) mass is 415 g/mol. The molecule has 0 radical (unpaired) electrons. The zero-order chi connectivity index (χ0) is 20.8. The van der Waals surface area contributed by atoms with Crippen LogP contribution < -0.4 is 24.7 Å². The first-order valence-electron chi connectivity index (χ1n) is 8.67. The third-order valence-electron chi connectivity index (χ3n) is 4.14. The normalized spacial score (nSPS) is 12.6. The molecule has 9 heteroatoms. The highest BCUT2D eigenvalue weighted by Crippen LogP contribution is 2.32. The van der Waals surface area contributed by atoms with Crippen molar-refractivity contribution in [2.24, 2.45) is 5.10 Å².